The van der Waals surface area contributed by atoms with Gasteiger partial charge in [0.2, 0.25) is 0 Å². The van der Waals surface area contributed by atoms with Crippen LogP contribution in [-0.4, -0.2) is 35.6 Å². The lowest BCUT2D eigenvalue weighted by Crippen LogP contribution is -2.37. The molecule has 2 rings (SSSR count). The number of nitrogens with one attached hydrogen (secondary N) is 1. The zero-order valence-electron chi connectivity index (χ0n) is 14.1. The maximum atomic E-state index is 11.9. The van der Waals surface area contributed by atoms with Crippen LogP contribution in [0.4, 0.5) is 4.79 Å². The van der Waals surface area contributed by atoms with Crippen molar-refractivity contribution in [1.82, 2.24) is 10.2 Å². The molecule has 2 amide bonds. The zero-order valence-corrected chi connectivity index (χ0v) is 14.1. The number of carbonyl (C=O) groups excluding carboxylic acids is 1. The number of aliphatic carboxylic acids is 1. The highest BCUT2D eigenvalue weighted by Crippen LogP contribution is 2.15. The number of amides is 2. The van der Waals surface area contributed by atoms with Crippen LogP contribution in [-0.2, 0) is 17.9 Å². The first-order valence-electron chi connectivity index (χ1n) is 8.01. The summed E-state index contributed by atoms with van der Waals surface area (Å²) < 4.78 is 5.76. The van der Waals surface area contributed by atoms with E-state index >= 15 is 0 Å². The quantitative estimate of drug-likeness (QED) is 0.773. The number of carboxylic acids is 1. The minimum Gasteiger partial charge on any atom is -0.489 e. The van der Waals surface area contributed by atoms with Crippen LogP contribution in [0.2, 0.25) is 0 Å². The van der Waals surface area contributed by atoms with Gasteiger partial charge in [0.15, 0.2) is 0 Å². The smallest absolute Gasteiger partial charge is 0.317 e. The number of ether oxygens (including phenoxy) is 1. The number of benzene rings is 2. The number of hydrogen-bond acceptors (Lipinski definition) is 3. The Kier molecular flexibility index (Phi) is 6.83. The molecule has 6 nitrogen and oxygen atoms in total. The number of urea groups is 1. The van der Waals surface area contributed by atoms with Crippen LogP contribution in [0.15, 0.2) is 54.6 Å². The highest BCUT2D eigenvalue weighted by Gasteiger charge is 2.09. The number of carboxylic acid groups (broad SMARTS) is 1. The second-order valence-electron chi connectivity index (χ2n) is 5.65. The minimum atomic E-state index is -0.928. The van der Waals surface area contributed by atoms with Gasteiger partial charge in [0.1, 0.15) is 12.4 Å². The minimum absolute atomic E-state index is 0.0767. The number of rotatable bonds is 8. The lowest BCUT2D eigenvalue weighted by atomic mass is 10.2. The highest BCUT2D eigenvalue weighted by molar-refractivity contribution is 5.75. The predicted octanol–water partition coefficient (Wildman–Crippen LogP) is 2.88. The fraction of sp³-hybridized carbons (Fsp3) is 0.263. The van der Waals surface area contributed by atoms with Crippen molar-refractivity contribution in [2.45, 2.75) is 19.6 Å². The van der Waals surface area contributed by atoms with Gasteiger partial charge in [-0.15, -0.1) is 0 Å². The second kappa shape index (κ2) is 9.32. The summed E-state index contributed by atoms with van der Waals surface area (Å²) in [6, 6.07) is 17.1. The molecular weight excluding hydrogens is 320 g/mol. The molecule has 0 heterocycles. The Balaban J connectivity index is 1.82. The molecule has 0 aliphatic carbocycles. The third kappa shape index (κ3) is 6.55. The van der Waals surface area contributed by atoms with E-state index in [4.69, 9.17) is 9.84 Å². The topological polar surface area (TPSA) is 78.9 Å². The molecular formula is C19H22N2O4. The van der Waals surface area contributed by atoms with Gasteiger partial charge in [-0.25, -0.2) is 4.79 Å². The molecule has 0 fully saturated rings. The summed E-state index contributed by atoms with van der Waals surface area (Å²) in [7, 11) is 1.57. The first-order valence-corrected chi connectivity index (χ1v) is 8.01. The maximum absolute atomic E-state index is 11.9. The van der Waals surface area contributed by atoms with Crippen LogP contribution in [0.1, 0.15) is 17.5 Å². The van der Waals surface area contributed by atoms with Crippen molar-refractivity contribution in [2.24, 2.45) is 0 Å². The average molecular weight is 342 g/mol. The summed E-state index contributed by atoms with van der Waals surface area (Å²) in [5, 5.41) is 11.4. The van der Waals surface area contributed by atoms with E-state index in [1.165, 1.54) is 4.90 Å². The number of hydrogen-bond donors (Lipinski definition) is 2. The monoisotopic (exact) mass is 342 g/mol. The summed E-state index contributed by atoms with van der Waals surface area (Å²) >= 11 is 0. The van der Waals surface area contributed by atoms with Crippen LogP contribution in [0, 0.1) is 0 Å². The predicted molar refractivity (Wildman–Crippen MR) is 94.3 cm³/mol. The third-order valence-electron chi connectivity index (χ3n) is 3.60. The van der Waals surface area contributed by atoms with Gasteiger partial charge in [0.25, 0.3) is 0 Å². The molecule has 132 valence electrons. The van der Waals surface area contributed by atoms with E-state index in [0.29, 0.717) is 13.2 Å². The molecule has 2 aromatic rings. The Labute approximate surface area is 147 Å². The van der Waals surface area contributed by atoms with Crippen molar-refractivity contribution in [3.8, 4) is 5.75 Å². The van der Waals surface area contributed by atoms with Crippen LogP contribution in [0.3, 0.4) is 0 Å². The van der Waals surface area contributed by atoms with Gasteiger partial charge >= 0.3 is 12.0 Å². The molecule has 0 spiro atoms. The summed E-state index contributed by atoms with van der Waals surface area (Å²) in [5.74, 6) is -0.197. The Hall–Kier alpha value is -3.02. The molecule has 2 N–H and O–H groups in total. The standard InChI is InChI=1S/C19H22N2O4/c1-21(11-10-18(22)23)19(24)20-13-16-8-5-9-17(12-16)25-14-15-6-3-2-4-7-15/h2-9,12H,10-11,13-14H2,1H3,(H,20,24)(H,22,23). The third-order valence-corrected chi connectivity index (χ3v) is 3.60. The first kappa shape index (κ1) is 18.3. The molecule has 0 aromatic heterocycles. The Morgan fingerprint density at radius 2 is 1.80 bits per heavy atom. The Bertz CT molecular complexity index is 704. The van der Waals surface area contributed by atoms with E-state index in [9.17, 15) is 9.59 Å². The van der Waals surface area contributed by atoms with E-state index in [-0.39, 0.29) is 19.0 Å². The van der Waals surface area contributed by atoms with E-state index < -0.39 is 5.97 Å². The summed E-state index contributed by atoms with van der Waals surface area (Å²) in [6.45, 7) is 0.995. The van der Waals surface area contributed by atoms with Crippen molar-refractivity contribution in [3.63, 3.8) is 0 Å². The van der Waals surface area contributed by atoms with Crippen molar-refractivity contribution < 1.29 is 19.4 Å². The lowest BCUT2D eigenvalue weighted by molar-refractivity contribution is -0.137. The average Bonchev–Trinajstić information content (AvgIpc) is 2.63. The molecule has 6 heteroatoms. The van der Waals surface area contributed by atoms with Gasteiger partial charge in [0.05, 0.1) is 6.42 Å². The fourth-order valence-corrected chi connectivity index (χ4v) is 2.16. The van der Waals surface area contributed by atoms with E-state index in [1.807, 2.05) is 54.6 Å². The Morgan fingerprint density at radius 1 is 1.08 bits per heavy atom. The lowest BCUT2D eigenvalue weighted by Gasteiger charge is -2.17. The van der Waals surface area contributed by atoms with Gasteiger partial charge in [-0.05, 0) is 23.3 Å². The molecule has 0 radical (unpaired) electrons. The fourth-order valence-electron chi connectivity index (χ4n) is 2.16. The molecule has 0 aliphatic rings. The van der Waals surface area contributed by atoms with Gasteiger partial charge in [-0.1, -0.05) is 42.5 Å². The maximum Gasteiger partial charge on any atom is 0.317 e. The second-order valence-corrected chi connectivity index (χ2v) is 5.65. The van der Waals surface area contributed by atoms with Crippen molar-refractivity contribution >= 4 is 12.0 Å². The number of nitrogens with zero attached hydrogens (tertiary/aromatic N) is 1. The van der Waals surface area contributed by atoms with E-state index in [2.05, 4.69) is 5.32 Å². The normalized spacial score (nSPS) is 10.1. The SMILES string of the molecule is CN(CCC(=O)O)C(=O)NCc1cccc(OCc2ccccc2)c1. The van der Waals surface area contributed by atoms with Crippen molar-refractivity contribution in [2.75, 3.05) is 13.6 Å². The van der Waals surface area contributed by atoms with Crippen LogP contribution >= 0.6 is 0 Å². The summed E-state index contributed by atoms with van der Waals surface area (Å²) in [5.41, 5.74) is 1.99. The zero-order chi connectivity index (χ0) is 18.1. The molecule has 0 unspecified atom stereocenters. The van der Waals surface area contributed by atoms with Gasteiger partial charge in [-0.2, -0.15) is 0 Å². The van der Waals surface area contributed by atoms with Crippen LogP contribution in [0.5, 0.6) is 5.75 Å². The highest BCUT2D eigenvalue weighted by atomic mass is 16.5. The first-order chi connectivity index (χ1) is 12.0. The molecule has 0 aliphatic heterocycles. The Morgan fingerprint density at radius 3 is 2.52 bits per heavy atom. The van der Waals surface area contributed by atoms with Crippen molar-refractivity contribution in [1.29, 1.82) is 0 Å². The summed E-state index contributed by atoms with van der Waals surface area (Å²) in [4.78, 5) is 23.8. The summed E-state index contributed by atoms with van der Waals surface area (Å²) in [6.07, 6.45) is -0.0767. The van der Waals surface area contributed by atoms with Crippen LogP contribution in [0.25, 0.3) is 0 Å². The van der Waals surface area contributed by atoms with Crippen molar-refractivity contribution in [3.05, 3.63) is 65.7 Å². The van der Waals surface area contributed by atoms with Crippen LogP contribution < -0.4 is 10.1 Å². The number of carbonyl (C=O) groups is 2. The molecule has 0 bridgehead atoms. The molecule has 0 saturated heterocycles. The largest absolute Gasteiger partial charge is 0.489 e. The van der Waals surface area contributed by atoms with Gasteiger partial charge in [0, 0.05) is 20.1 Å². The van der Waals surface area contributed by atoms with Gasteiger partial charge < -0.3 is 20.1 Å². The molecule has 0 atom stereocenters. The molecule has 0 saturated carbocycles. The van der Waals surface area contributed by atoms with E-state index in [0.717, 1.165) is 16.9 Å². The van der Waals surface area contributed by atoms with E-state index in [1.54, 1.807) is 7.05 Å². The molecule has 2 aromatic carbocycles. The van der Waals surface area contributed by atoms with Gasteiger partial charge in [-0.3, -0.25) is 4.79 Å². The molecule has 25 heavy (non-hydrogen) atoms.